The van der Waals surface area contributed by atoms with Crippen molar-refractivity contribution in [2.45, 2.75) is 12.8 Å². The number of ether oxygens (including phenoxy) is 1. The summed E-state index contributed by atoms with van der Waals surface area (Å²) in [5.74, 6) is 0.646. The number of hydrogen-bond donors (Lipinski definition) is 3. The van der Waals surface area contributed by atoms with Crippen LogP contribution in [0.1, 0.15) is 22.5 Å². The minimum atomic E-state index is -0.141. The van der Waals surface area contributed by atoms with E-state index < -0.39 is 0 Å². The summed E-state index contributed by atoms with van der Waals surface area (Å²) < 4.78 is 5.28. The molecule has 0 spiro atoms. The molecule has 0 saturated carbocycles. The summed E-state index contributed by atoms with van der Waals surface area (Å²) in [6.45, 7) is 2.24. The molecule has 1 aromatic rings. The van der Waals surface area contributed by atoms with E-state index in [2.05, 4.69) is 15.6 Å². The van der Waals surface area contributed by atoms with Crippen LogP contribution in [0.25, 0.3) is 0 Å². The molecule has 1 aromatic heterocycles. The predicted octanol–water partition coefficient (Wildman–Crippen LogP) is 0.923. The molecule has 2 heterocycles. The van der Waals surface area contributed by atoms with Gasteiger partial charge in [-0.15, -0.1) is 0 Å². The Kier molecular flexibility index (Phi) is 4.38. The number of thiazole rings is 1. The fourth-order valence-corrected chi connectivity index (χ4v) is 2.62. The van der Waals surface area contributed by atoms with E-state index in [0.717, 1.165) is 26.1 Å². The van der Waals surface area contributed by atoms with Crippen LogP contribution in [-0.2, 0) is 4.74 Å². The van der Waals surface area contributed by atoms with Crippen molar-refractivity contribution in [1.29, 1.82) is 0 Å². The van der Waals surface area contributed by atoms with Gasteiger partial charge in [-0.3, -0.25) is 4.79 Å². The molecule has 1 aliphatic heterocycles. The molecular weight excluding hydrogens is 252 g/mol. The van der Waals surface area contributed by atoms with Crippen LogP contribution in [0, 0.1) is 5.92 Å². The number of hydrogen-bond acceptors (Lipinski definition) is 6. The molecule has 2 rings (SSSR count). The summed E-state index contributed by atoms with van der Waals surface area (Å²) in [6, 6.07) is 0. The highest BCUT2D eigenvalue weighted by Gasteiger charge is 2.18. The van der Waals surface area contributed by atoms with Gasteiger partial charge in [-0.05, 0) is 18.8 Å². The summed E-state index contributed by atoms with van der Waals surface area (Å²) in [5, 5.41) is 6.45. The topological polar surface area (TPSA) is 89.3 Å². The van der Waals surface area contributed by atoms with E-state index in [0.29, 0.717) is 22.5 Å². The van der Waals surface area contributed by atoms with Crippen molar-refractivity contribution in [3.05, 3.63) is 4.88 Å². The zero-order chi connectivity index (χ0) is 13.0. The van der Waals surface area contributed by atoms with Gasteiger partial charge in [0.2, 0.25) is 0 Å². The summed E-state index contributed by atoms with van der Waals surface area (Å²) >= 11 is 1.27. The highest BCUT2D eigenvalue weighted by atomic mass is 32.1. The largest absolute Gasteiger partial charge is 0.382 e. The number of nitrogens with two attached hydrogens (primary N) is 1. The fourth-order valence-electron chi connectivity index (χ4n) is 1.87. The molecule has 0 aromatic carbocycles. The molecular formula is C11H18N4O2S. The lowest BCUT2D eigenvalue weighted by molar-refractivity contribution is 0.0643. The second-order valence-corrected chi connectivity index (χ2v) is 5.25. The summed E-state index contributed by atoms with van der Waals surface area (Å²) in [5.41, 5.74) is 5.71. The summed E-state index contributed by atoms with van der Waals surface area (Å²) in [4.78, 5) is 16.5. The standard InChI is InChI=1S/C11H18N4O2S/c1-13-11-15-9(12)8(18-11)10(16)14-6-7-2-4-17-5-3-7/h7H,2-6,12H2,1H3,(H,13,15)(H,14,16). The van der Waals surface area contributed by atoms with Gasteiger partial charge in [-0.25, -0.2) is 4.98 Å². The Morgan fingerprint density at radius 1 is 1.56 bits per heavy atom. The van der Waals surface area contributed by atoms with E-state index in [1.54, 1.807) is 7.05 Å². The fraction of sp³-hybridized carbons (Fsp3) is 0.636. The number of carbonyl (C=O) groups excluding carboxylic acids is 1. The molecule has 0 atom stereocenters. The molecule has 1 amide bonds. The minimum Gasteiger partial charge on any atom is -0.382 e. The zero-order valence-corrected chi connectivity index (χ0v) is 11.2. The van der Waals surface area contributed by atoms with Gasteiger partial charge >= 0.3 is 0 Å². The number of carbonyl (C=O) groups is 1. The van der Waals surface area contributed by atoms with Crippen LogP contribution in [0.15, 0.2) is 0 Å². The number of nitrogens with one attached hydrogen (secondary N) is 2. The van der Waals surface area contributed by atoms with E-state index in [-0.39, 0.29) is 11.7 Å². The molecule has 6 nitrogen and oxygen atoms in total. The molecule has 1 aliphatic rings. The molecule has 18 heavy (non-hydrogen) atoms. The molecule has 0 aliphatic carbocycles. The van der Waals surface area contributed by atoms with Gasteiger partial charge in [0.1, 0.15) is 10.7 Å². The molecule has 100 valence electrons. The van der Waals surface area contributed by atoms with Crippen LogP contribution in [0.4, 0.5) is 10.9 Å². The molecule has 1 fully saturated rings. The average Bonchev–Trinajstić information content (AvgIpc) is 2.78. The van der Waals surface area contributed by atoms with Gasteiger partial charge in [-0.1, -0.05) is 11.3 Å². The monoisotopic (exact) mass is 270 g/mol. The van der Waals surface area contributed by atoms with Gasteiger partial charge in [0.15, 0.2) is 5.13 Å². The van der Waals surface area contributed by atoms with Gasteiger partial charge in [0.25, 0.3) is 5.91 Å². The van der Waals surface area contributed by atoms with Gasteiger partial charge < -0.3 is 21.1 Å². The Labute approximate surface area is 110 Å². The molecule has 4 N–H and O–H groups in total. The highest BCUT2D eigenvalue weighted by Crippen LogP contribution is 2.24. The second-order valence-electron chi connectivity index (χ2n) is 4.25. The van der Waals surface area contributed by atoms with E-state index >= 15 is 0 Å². The minimum absolute atomic E-state index is 0.141. The first-order chi connectivity index (χ1) is 8.70. The quantitative estimate of drug-likeness (QED) is 0.757. The first-order valence-corrected chi connectivity index (χ1v) is 6.82. The Hall–Kier alpha value is -1.34. The summed E-state index contributed by atoms with van der Waals surface area (Å²) in [6.07, 6.45) is 2.00. The van der Waals surface area contributed by atoms with Gasteiger partial charge in [0.05, 0.1) is 0 Å². The number of anilines is 2. The normalized spacial score (nSPS) is 16.5. The maximum absolute atomic E-state index is 12.0. The number of nitrogen functional groups attached to an aromatic ring is 1. The third kappa shape index (κ3) is 3.11. The van der Waals surface area contributed by atoms with E-state index in [9.17, 15) is 4.79 Å². The van der Waals surface area contributed by atoms with Gasteiger partial charge in [0, 0.05) is 26.8 Å². The van der Waals surface area contributed by atoms with E-state index in [4.69, 9.17) is 10.5 Å². The first-order valence-electron chi connectivity index (χ1n) is 6.00. The van der Waals surface area contributed by atoms with Gasteiger partial charge in [-0.2, -0.15) is 0 Å². The van der Waals surface area contributed by atoms with Crippen molar-refractivity contribution in [3.63, 3.8) is 0 Å². The van der Waals surface area contributed by atoms with Crippen molar-refractivity contribution < 1.29 is 9.53 Å². The van der Waals surface area contributed by atoms with E-state index in [1.165, 1.54) is 11.3 Å². The van der Waals surface area contributed by atoms with Crippen LogP contribution in [0.5, 0.6) is 0 Å². The van der Waals surface area contributed by atoms with Crippen molar-refractivity contribution in [3.8, 4) is 0 Å². The number of nitrogens with zero attached hydrogens (tertiary/aromatic N) is 1. The third-order valence-electron chi connectivity index (χ3n) is 2.97. The molecule has 0 unspecified atom stereocenters. The highest BCUT2D eigenvalue weighted by molar-refractivity contribution is 7.18. The first kappa shape index (κ1) is 13.1. The van der Waals surface area contributed by atoms with Crippen molar-refractivity contribution in [1.82, 2.24) is 10.3 Å². The lowest BCUT2D eigenvalue weighted by atomic mass is 10.0. The molecule has 7 heteroatoms. The van der Waals surface area contributed by atoms with Crippen LogP contribution in [0.2, 0.25) is 0 Å². The average molecular weight is 270 g/mol. The van der Waals surface area contributed by atoms with E-state index in [1.807, 2.05) is 0 Å². The van der Waals surface area contributed by atoms with Crippen molar-refractivity contribution in [2.75, 3.05) is 37.9 Å². The molecule has 1 saturated heterocycles. The Morgan fingerprint density at radius 2 is 2.28 bits per heavy atom. The zero-order valence-electron chi connectivity index (χ0n) is 10.4. The van der Waals surface area contributed by atoms with Crippen molar-refractivity contribution >= 4 is 28.2 Å². The molecule has 0 radical (unpaired) electrons. The number of aromatic nitrogens is 1. The van der Waals surface area contributed by atoms with Crippen LogP contribution in [-0.4, -0.2) is 37.7 Å². The SMILES string of the molecule is CNc1nc(N)c(C(=O)NCC2CCOCC2)s1. The van der Waals surface area contributed by atoms with Crippen molar-refractivity contribution in [2.24, 2.45) is 5.92 Å². The van der Waals surface area contributed by atoms with Crippen LogP contribution in [0.3, 0.4) is 0 Å². The Balaban J connectivity index is 1.88. The number of rotatable bonds is 4. The third-order valence-corrected chi connectivity index (χ3v) is 4.05. The lowest BCUT2D eigenvalue weighted by Gasteiger charge is -2.21. The van der Waals surface area contributed by atoms with Crippen LogP contribution >= 0.6 is 11.3 Å². The maximum atomic E-state index is 12.0. The molecule has 0 bridgehead atoms. The van der Waals surface area contributed by atoms with Crippen LogP contribution < -0.4 is 16.4 Å². The summed E-state index contributed by atoms with van der Waals surface area (Å²) in [7, 11) is 1.75. The smallest absolute Gasteiger partial charge is 0.265 e. The lowest BCUT2D eigenvalue weighted by Crippen LogP contribution is -2.32. The predicted molar refractivity (Wildman–Crippen MR) is 71.9 cm³/mol. The Morgan fingerprint density at radius 3 is 2.89 bits per heavy atom. The Bertz CT molecular complexity index is 415. The number of amides is 1. The maximum Gasteiger partial charge on any atom is 0.265 e. The second kappa shape index (κ2) is 6.01.